The third-order valence-corrected chi connectivity index (χ3v) is 3.05. The molecule has 0 amide bonds. The molecule has 0 aromatic heterocycles. The van der Waals surface area contributed by atoms with Crippen molar-refractivity contribution in [2.45, 2.75) is 18.8 Å². The molecule has 0 spiro atoms. The highest BCUT2D eigenvalue weighted by Crippen LogP contribution is 2.39. The van der Waals surface area contributed by atoms with Gasteiger partial charge in [0.1, 0.15) is 0 Å². The van der Waals surface area contributed by atoms with Gasteiger partial charge in [-0.2, -0.15) is 0 Å². The first-order valence-electron chi connectivity index (χ1n) is 4.70. The van der Waals surface area contributed by atoms with Crippen molar-refractivity contribution in [3.8, 4) is 0 Å². The minimum Gasteiger partial charge on any atom is -0.294 e. The molecule has 0 bridgehead atoms. The molecule has 0 N–H and O–H groups in total. The number of carbonyl (C=O) groups is 1. The van der Waals surface area contributed by atoms with Crippen molar-refractivity contribution in [2.24, 2.45) is 0 Å². The molecule has 1 nitrogen and oxygen atoms in total. The molecule has 2 aliphatic carbocycles. The van der Waals surface area contributed by atoms with Gasteiger partial charge in [0.15, 0.2) is 5.78 Å². The predicted octanol–water partition coefficient (Wildman–Crippen LogP) is 2.31. The van der Waals surface area contributed by atoms with Gasteiger partial charge in [-0.05, 0) is 35.6 Å². The number of ketones is 1. The summed E-state index contributed by atoms with van der Waals surface area (Å²) in [5.74, 6) is 0.466. The molecule has 0 radical (unpaired) electrons. The number of rotatable bonds is 0. The largest absolute Gasteiger partial charge is 0.294 e. The smallest absolute Gasteiger partial charge is 0.163 e. The Morgan fingerprint density at radius 3 is 3.08 bits per heavy atom. The summed E-state index contributed by atoms with van der Waals surface area (Å²) in [5.41, 5.74) is 3.93. The Bertz CT molecular complexity index is 415. The topological polar surface area (TPSA) is 17.1 Å². The number of benzene rings is 1. The lowest BCUT2D eigenvalue weighted by molar-refractivity contribution is -0.115. The van der Waals surface area contributed by atoms with Crippen molar-refractivity contribution in [3.05, 3.63) is 41.0 Å². The first kappa shape index (κ1) is 7.07. The quantitative estimate of drug-likeness (QED) is 0.584. The van der Waals surface area contributed by atoms with Crippen LogP contribution in [0.4, 0.5) is 0 Å². The lowest BCUT2D eigenvalue weighted by Crippen LogP contribution is -2.11. The molecule has 1 atom stereocenters. The highest BCUT2D eigenvalue weighted by molar-refractivity contribution is 6.02. The average molecular weight is 170 g/mol. The Labute approximate surface area is 77.1 Å². The molecular weight excluding hydrogens is 160 g/mol. The summed E-state index contributed by atoms with van der Waals surface area (Å²) in [6, 6.07) is 6.32. The fourth-order valence-electron chi connectivity index (χ4n) is 2.44. The normalized spacial score (nSPS) is 23.4. The molecule has 0 saturated carbocycles. The molecule has 0 saturated heterocycles. The molecule has 2 aliphatic rings. The van der Waals surface area contributed by atoms with E-state index in [0.29, 0.717) is 0 Å². The Balaban J connectivity index is 2.32. The van der Waals surface area contributed by atoms with Crippen molar-refractivity contribution in [1.82, 2.24) is 0 Å². The van der Waals surface area contributed by atoms with E-state index in [-0.39, 0.29) is 11.7 Å². The van der Waals surface area contributed by atoms with Gasteiger partial charge >= 0.3 is 0 Å². The summed E-state index contributed by atoms with van der Waals surface area (Å²) in [7, 11) is 0. The van der Waals surface area contributed by atoms with E-state index in [9.17, 15) is 4.79 Å². The van der Waals surface area contributed by atoms with Crippen LogP contribution in [0.25, 0.3) is 6.08 Å². The van der Waals surface area contributed by atoms with Gasteiger partial charge in [-0.25, -0.2) is 0 Å². The Morgan fingerprint density at radius 2 is 2.15 bits per heavy atom. The third-order valence-electron chi connectivity index (χ3n) is 3.05. The van der Waals surface area contributed by atoms with Gasteiger partial charge in [0.2, 0.25) is 0 Å². The second-order valence-corrected chi connectivity index (χ2v) is 3.75. The molecule has 64 valence electrons. The van der Waals surface area contributed by atoms with E-state index < -0.39 is 0 Å². The molecule has 1 unspecified atom stereocenters. The molecular formula is C12H10O. The van der Waals surface area contributed by atoms with Crippen LogP contribution in [0.3, 0.4) is 0 Å². The van der Waals surface area contributed by atoms with Gasteiger partial charge in [0.05, 0.1) is 0 Å². The van der Waals surface area contributed by atoms with Crippen LogP contribution in [0.2, 0.25) is 0 Å². The van der Waals surface area contributed by atoms with Gasteiger partial charge in [0, 0.05) is 5.92 Å². The fraction of sp³-hybridized carbons (Fsp3) is 0.250. The van der Waals surface area contributed by atoms with E-state index in [4.69, 9.17) is 0 Å². The van der Waals surface area contributed by atoms with E-state index in [1.165, 1.54) is 16.7 Å². The van der Waals surface area contributed by atoms with Gasteiger partial charge in [-0.1, -0.05) is 24.3 Å². The number of aryl methyl sites for hydroxylation is 1. The molecule has 0 heterocycles. The maximum atomic E-state index is 11.5. The first-order valence-corrected chi connectivity index (χ1v) is 4.70. The van der Waals surface area contributed by atoms with Crippen LogP contribution in [-0.2, 0) is 11.2 Å². The van der Waals surface area contributed by atoms with Crippen LogP contribution in [0, 0.1) is 0 Å². The van der Waals surface area contributed by atoms with E-state index in [0.717, 1.165) is 12.8 Å². The van der Waals surface area contributed by atoms with Gasteiger partial charge in [-0.3, -0.25) is 4.79 Å². The molecule has 1 aromatic rings. The monoisotopic (exact) mass is 170 g/mol. The SMILES string of the molecule is O=C1C=Cc2cccc3c2C1CC3. The van der Waals surface area contributed by atoms with Gasteiger partial charge < -0.3 is 0 Å². The first-order chi connectivity index (χ1) is 6.36. The predicted molar refractivity (Wildman–Crippen MR) is 51.5 cm³/mol. The number of hydrogen-bond donors (Lipinski definition) is 0. The average Bonchev–Trinajstić information content (AvgIpc) is 2.57. The lowest BCUT2D eigenvalue weighted by Gasteiger charge is -2.15. The standard InChI is InChI=1S/C12H10O/c13-11-7-5-9-3-1-2-8-4-6-10(11)12(8)9/h1-3,5,7,10H,4,6H2. The molecule has 1 heteroatoms. The van der Waals surface area contributed by atoms with Crippen LogP contribution < -0.4 is 0 Å². The maximum Gasteiger partial charge on any atom is 0.163 e. The fourth-order valence-corrected chi connectivity index (χ4v) is 2.44. The molecule has 3 rings (SSSR count). The Morgan fingerprint density at radius 1 is 1.23 bits per heavy atom. The van der Waals surface area contributed by atoms with Crippen LogP contribution in [0.5, 0.6) is 0 Å². The summed E-state index contributed by atoms with van der Waals surface area (Å²) >= 11 is 0. The summed E-state index contributed by atoms with van der Waals surface area (Å²) in [4.78, 5) is 11.5. The summed E-state index contributed by atoms with van der Waals surface area (Å²) in [6.07, 6.45) is 5.75. The molecule has 0 fully saturated rings. The summed E-state index contributed by atoms with van der Waals surface area (Å²) in [5, 5.41) is 0. The van der Waals surface area contributed by atoms with E-state index in [1.54, 1.807) is 6.08 Å². The number of allylic oxidation sites excluding steroid dienone is 1. The van der Waals surface area contributed by atoms with Crippen LogP contribution >= 0.6 is 0 Å². The highest BCUT2D eigenvalue weighted by Gasteiger charge is 2.30. The Hall–Kier alpha value is -1.37. The van der Waals surface area contributed by atoms with Gasteiger partial charge in [0.25, 0.3) is 0 Å². The second-order valence-electron chi connectivity index (χ2n) is 3.75. The van der Waals surface area contributed by atoms with E-state index >= 15 is 0 Å². The van der Waals surface area contributed by atoms with Crippen LogP contribution in [-0.4, -0.2) is 5.78 Å². The second kappa shape index (κ2) is 2.32. The van der Waals surface area contributed by atoms with Crippen molar-refractivity contribution < 1.29 is 4.79 Å². The lowest BCUT2D eigenvalue weighted by atomic mass is 9.88. The van der Waals surface area contributed by atoms with E-state index in [1.807, 2.05) is 6.08 Å². The third kappa shape index (κ3) is 0.844. The van der Waals surface area contributed by atoms with Crippen molar-refractivity contribution in [3.63, 3.8) is 0 Å². The minimum absolute atomic E-state index is 0.177. The maximum absolute atomic E-state index is 11.5. The summed E-state index contributed by atoms with van der Waals surface area (Å²) in [6.45, 7) is 0. The molecule has 13 heavy (non-hydrogen) atoms. The van der Waals surface area contributed by atoms with Crippen molar-refractivity contribution in [1.29, 1.82) is 0 Å². The van der Waals surface area contributed by atoms with E-state index in [2.05, 4.69) is 18.2 Å². The van der Waals surface area contributed by atoms with Crippen LogP contribution in [0.1, 0.15) is 29.0 Å². The zero-order chi connectivity index (χ0) is 8.84. The summed E-state index contributed by atoms with van der Waals surface area (Å²) < 4.78 is 0. The van der Waals surface area contributed by atoms with Crippen LogP contribution in [0.15, 0.2) is 24.3 Å². The molecule has 0 aliphatic heterocycles. The minimum atomic E-state index is 0.177. The number of hydrogen-bond acceptors (Lipinski definition) is 1. The number of carbonyl (C=O) groups excluding carboxylic acids is 1. The van der Waals surface area contributed by atoms with Crippen molar-refractivity contribution >= 4 is 11.9 Å². The zero-order valence-electron chi connectivity index (χ0n) is 7.29. The van der Waals surface area contributed by atoms with Gasteiger partial charge in [-0.15, -0.1) is 0 Å². The Kier molecular flexibility index (Phi) is 1.26. The van der Waals surface area contributed by atoms with Crippen molar-refractivity contribution in [2.75, 3.05) is 0 Å². The zero-order valence-corrected chi connectivity index (χ0v) is 7.29. The molecule has 1 aromatic carbocycles. The highest BCUT2D eigenvalue weighted by atomic mass is 16.1.